The summed E-state index contributed by atoms with van der Waals surface area (Å²) >= 11 is 5.27. The maximum atomic E-state index is 12.8. The van der Waals surface area contributed by atoms with Crippen LogP contribution in [0.4, 0.5) is 15.6 Å². The molecule has 1 aliphatic rings. The van der Waals surface area contributed by atoms with Gasteiger partial charge in [-0.05, 0) is 61.2 Å². The quantitative estimate of drug-likeness (QED) is 0.409. The van der Waals surface area contributed by atoms with E-state index in [-0.39, 0.29) is 6.03 Å². The summed E-state index contributed by atoms with van der Waals surface area (Å²) in [6.07, 6.45) is 3.90. The number of urea groups is 1. The van der Waals surface area contributed by atoms with Gasteiger partial charge in [0.1, 0.15) is 0 Å². The number of benzene rings is 2. The fourth-order valence-electron chi connectivity index (χ4n) is 3.97. The minimum atomic E-state index is 0.0418. The monoisotopic (exact) mass is 512 g/mol. The number of hydrogen-bond acceptors (Lipinski definition) is 4. The van der Waals surface area contributed by atoms with Crippen LogP contribution in [-0.2, 0) is 19.4 Å². The van der Waals surface area contributed by atoms with Gasteiger partial charge in [0.2, 0.25) is 0 Å². The van der Waals surface area contributed by atoms with Crippen molar-refractivity contribution in [3.63, 3.8) is 0 Å². The Morgan fingerprint density at radius 1 is 1.12 bits per heavy atom. The van der Waals surface area contributed by atoms with Gasteiger partial charge in [-0.1, -0.05) is 34.1 Å². The van der Waals surface area contributed by atoms with Crippen molar-refractivity contribution < 1.29 is 4.79 Å². The molecule has 0 unspecified atom stereocenters. The first-order valence-electron chi connectivity index (χ1n) is 11.1. The molecule has 0 atom stereocenters. The number of amides is 2. The molecule has 1 aromatic heterocycles. The third-order valence-electron chi connectivity index (χ3n) is 5.97. The van der Waals surface area contributed by atoms with Crippen molar-refractivity contribution in [3.05, 3.63) is 74.7 Å². The fraction of sp³-hybridized carbons (Fsp3) is 0.360. The number of aromatic nitrogens is 1. The molecule has 5 nitrogen and oxygen atoms in total. The van der Waals surface area contributed by atoms with Crippen LogP contribution in [0.1, 0.15) is 35.4 Å². The Balaban J connectivity index is 1.49. The van der Waals surface area contributed by atoms with Crippen LogP contribution < -0.4 is 9.80 Å². The summed E-state index contributed by atoms with van der Waals surface area (Å²) in [5.41, 5.74) is 4.90. The highest BCUT2D eigenvalue weighted by Crippen LogP contribution is 2.31. The van der Waals surface area contributed by atoms with Crippen LogP contribution in [0.15, 0.2) is 53.1 Å². The van der Waals surface area contributed by atoms with Crippen molar-refractivity contribution >= 4 is 44.1 Å². The van der Waals surface area contributed by atoms with E-state index in [4.69, 9.17) is 4.98 Å². The summed E-state index contributed by atoms with van der Waals surface area (Å²) in [4.78, 5) is 24.7. The second-order valence-corrected chi connectivity index (χ2v) is 10.1. The Hall–Kier alpha value is -2.38. The number of nitrogens with zero attached hydrogens (tertiary/aromatic N) is 4. The lowest BCUT2D eigenvalue weighted by molar-refractivity contribution is 0.218. The van der Waals surface area contributed by atoms with Crippen molar-refractivity contribution in [2.75, 3.05) is 36.5 Å². The molecule has 0 radical (unpaired) electrons. The van der Waals surface area contributed by atoms with Crippen molar-refractivity contribution in [1.29, 1.82) is 0 Å². The molecule has 0 fully saturated rings. The van der Waals surface area contributed by atoms with Gasteiger partial charge in [-0.15, -0.1) is 11.3 Å². The Kier molecular flexibility index (Phi) is 7.16. The topological polar surface area (TPSA) is 39.7 Å². The number of anilines is 2. The summed E-state index contributed by atoms with van der Waals surface area (Å²) in [6.45, 7) is 7.15. The minimum absolute atomic E-state index is 0.0418. The van der Waals surface area contributed by atoms with Crippen molar-refractivity contribution in [1.82, 2.24) is 9.88 Å². The van der Waals surface area contributed by atoms with Crippen LogP contribution in [0.3, 0.4) is 0 Å². The van der Waals surface area contributed by atoms with Crippen LogP contribution in [0.25, 0.3) is 0 Å². The van der Waals surface area contributed by atoms with E-state index in [0.717, 1.165) is 41.2 Å². The zero-order valence-corrected chi connectivity index (χ0v) is 21.2. The number of carbonyl (C=O) groups is 1. The third kappa shape index (κ3) is 4.99. The fourth-order valence-corrected chi connectivity index (χ4v) is 5.21. The number of halogens is 1. The number of hydrogen-bond donors (Lipinski definition) is 0. The van der Waals surface area contributed by atoms with Gasteiger partial charge in [0.05, 0.1) is 0 Å². The van der Waals surface area contributed by atoms with E-state index < -0.39 is 0 Å². The Morgan fingerprint density at radius 3 is 2.62 bits per heavy atom. The predicted molar refractivity (Wildman–Crippen MR) is 137 cm³/mol. The second-order valence-electron chi connectivity index (χ2n) is 8.08. The number of carbonyl (C=O) groups excluding carboxylic acids is 1. The summed E-state index contributed by atoms with van der Waals surface area (Å²) in [7, 11) is 1.85. The molecule has 0 N–H and O–H groups in total. The highest BCUT2D eigenvalue weighted by atomic mass is 79.9. The van der Waals surface area contributed by atoms with Crippen LogP contribution >= 0.6 is 27.3 Å². The first-order chi connectivity index (χ1) is 15.5. The molecule has 4 rings (SSSR count). The average molecular weight is 514 g/mol. The molecule has 0 saturated heterocycles. The van der Waals surface area contributed by atoms with Gasteiger partial charge < -0.3 is 9.80 Å². The average Bonchev–Trinajstić information content (AvgIpc) is 3.28. The molecule has 2 amide bonds. The van der Waals surface area contributed by atoms with Crippen LogP contribution in [0, 0.1) is 0 Å². The standard InChI is InChI=1S/C25H29BrN4OS/c1-4-28(3)25(31)30(5-2)22-11-8-19-12-13-29(17-20(19)15-22)24-27-16-23(32-24)14-18-6-9-21(26)10-7-18/h6-11,15-16H,4-5,12-14,17H2,1-3H3. The normalized spacial score (nSPS) is 13.1. The van der Waals surface area contributed by atoms with Gasteiger partial charge in [0.25, 0.3) is 0 Å². The highest BCUT2D eigenvalue weighted by Gasteiger charge is 2.22. The summed E-state index contributed by atoms with van der Waals surface area (Å²) in [5.74, 6) is 0. The number of fused-ring (bicyclic) bond motifs is 1. The van der Waals surface area contributed by atoms with Gasteiger partial charge in [-0.25, -0.2) is 9.78 Å². The molecule has 0 aliphatic carbocycles. The minimum Gasteiger partial charge on any atom is -0.343 e. The molecule has 0 bridgehead atoms. The second kappa shape index (κ2) is 10.0. The molecular weight excluding hydrogens is 484 g/mol. The van der Waals surface area contributed by atoms with Gasteiger partial charge in [0, 0.05) is 60.9 Å². The van der Waals surface area contributed by atoms with Crippen LogP contribution in [0.2, 0.25) is 0 Å². The molecule has 2 heterocycles. The van der Waals surface area contributed by atoms with E-state index in [1.54, 1.807) is 16.2 Å². The Morgan fingerprint density at radius 2 is 1.91 bits per heavy atom. The molecule has 7 heteroatoms. The van der Waals surface area contributed by atoms with Crippen molar-refractivity contribution in [2.45, 2.75) is 33.2 Å². The van der Waals surface area contributed by atoms with Crippen molar-refractivity contribution in [3.8, 4) is 0 Å². The maximum Gasteiger partial charge on any atom is 0.324 e. The molecule has 1 aliphatic heterocycles. The van der Waals surface area contributed by atoms with Crippen LogP contribution in [-0.4, -0.2) is 42.6 Å². The highest BCUT2D eigenvalue weighted by molar-refractivity contribution is 9.10. The van der Waals surface area contributed by atoms with Gasteiger partial charge in [-0.3, -0.25) is 4.90 Å². The molecular formula is C25H29BrN4OS. The molecule has 3 aromatic rings. The third-order valence-corrected chi connectivity index (χ3v) is 7.55. The van der Waals surface area contributed by atoms with Crippen molar-refractivity contribution in [2.24, 2.45) is 0 Å². The summed E-state index contributed by atoms with van der Waals surface area (Å²) in [6, 6.07) is 15.0. The lowest BCUT2D eigenvalue weighted by Crippen LogP contribution is -2.41. The molecule has 0 saturated carbocycles. The molecule has 2 aromatic carbocycles. The van der Waals surface area contributed by atoms with E-state index >= 15 is 0 Å². The van der Waals surface area contributed by atoms with E-state index in [2.05, 4.69) is 63.3 Å². The van der Waals surface area contributed by atoms with Crippen LogP contribution in [0.5, 0.6) is 0 Å². The first-order valence-corrected chi connectivity index (χ1v) is 12.7. The van der Waals surface area contributed by atoms with E-state index in [9.17, 15) is 4.79 Å². The lowest BCUT2D eigenvalue weighted by Gasteiger charge is -2.31. The zero-order valence-electron chi connectivity index (χ0n) is 18.8. The SMILES string of the molecule is CCN(C)C(=O)N(CC)c1ccc2c(c1)CN(c1ncc(Cc3ccc(Br)cc3)s1)CC2. The van der Waals surface area contributed by atoms with E-state index in [1.807, 2.05) is 32.0 Å². The smallest absolute Gasteiger partial charge is 0.324 e. The molecule has 0 spiro atoms. The number of thiazole rings is 1. The summed E-state index contributed by atoms with van der Waals surface area (Å²) in [5, 5.41) is 1.07. The Bertz CT molecular complexity index is 1080. The molecule has 32 heavy (non-hydrogen) atoms. The Labute approximate surface area is 202 Å². The summed E-state index contributed by atoms with van der Waals surface area (Å²) < 4.78 is 1.10. The van der Waals surface area contributed by atoms with Gasteiger partial charge >= 0.3 is 6.03 Å². The maximum absolute atomic E-state index is 12.8. The lowest BCUT2D eigenvalue weighted by atomic mass is 9.99. The van der Waals surface area contributed by atoms with Gasteiger partial charge in [-0.2, -0.15) is 0 Å². The predicted octanol–water partition coefficient (Wildman–Crippen LogP) is 5.96. The zero-order chi connectivity index (χ0) is 22.7. The van der Waals surface area contributed by atoms with E-state index in [0.29, 0.717) is 13.1 Å². The van der Waals surface area contributed by atoms with Gasteiger partial charge in [0.15, 0.2) is 5.13 Å². The number of rotatable bonds is 6. The molecule has 168 valence electrons. The first kappa shape index (κ1) is 22.8. The van der Waals surface area contributed by atoms with E-state index in [1.165, 1.54) is 21.6 Å². The largest absolute Gasteiger partial charge is 0.343 e.